The van der Waals surface area contributed by atoms with Gasteiger partial charge in [-0.2, -0.15) is 0 Å². The first-order valence-electron chi connectivity index (χ1n) is 5.14. The van der Waals surface area contributed by atoms with Gasteiger partial charge in [0, 0.05) is 19.8 Å². The van der Waals surface area contributed by atoms with Crippen molar-refractivity contribution < 1.29 is 13.9 Å². The Morgan fingerprint density at radius 3 is 2.38 bits per heavy atom. The molecule has 0 amide bonds. The Balaban J connectivity index is 2.77. The number of halogens is 1. The average Bonchev–Trinajstić information content (AvgIpc) is 2.28. The summed E-state index contributed by atoms with van der Waals surface area (Å²) in [6.45, 7) is 1.84. The molecule has 0 spiro atoms. The van der Waals surface area contributed by atoms with E-state index in [0.717, 1.165) is 5.69 Å². The minimum atomic E-state index is -1.70. The summed E-state index contributed by atoms with van der Waals surface area (Å²) in [5, 5.41) is 0. The molecule has 0 saturated carbocycles. The summed E-state index contributed by atoms with van der Waals surface area (Å²) >= 11 is 0. The fraction of sp³-hybridized carbons (Fsp3) is 0.417. The lowest BCUT2D eigenvalue weighted by Crippen LogP contribution is -2.12. The lowest BCUT2D eigenvalue weighted by molar-refractivity contribution is -0.149. The van der Waals surface area contributed by atoms with E-state index >= 15 is 0 Å². The summed E-state index contributed by atoms with van der Waals surface area (Å²) in [4.78, 5) is 13.1. The molecular formula is C12H16FNO2. The molecular weight excluding hydrogens is 209 g/mol. The minimum Gasteiger partial charge on any atom is -0.464 e. The van der Waals surface area contributed by atoms with Gasteiger partial charge in [0.15, 0.2) is 0 Å². The Bertz CT molecular complexity index is 349. The Morgan fingerprint density at radius 2 is 1.94 bits per heavy atom. The van der Waals surface area contributed by atoms with Crippen LogP contribution in [0.1, 0.15) is 18.7 Å². The van der Waals surface area contributed by atoms with Crippen LogP contribution >= 0.6 is 0 Å². The van der Waals surface area contributed by atoms with E-state index in [2.05, 4.69) is 4.74 Å². The number of hydrogen-bond acceptors (Lipinski definition) is 3. The highest BCUT2D eigenvalue weighted by molar-refractivity contribution is 5.76. The molecule has 1 atom stereocenters. The van der Waals surface area contributed by atoms with Crippen molar-refractivity contribution in [3.8, 4) is 0 Å². The number of nitrogens with zero attached hydrogens (tertiary/aromatic N) is 1. The first-order valence-corrected chi connectivity index (χ1v) is 5.14. The minimum absolute atomic E-state index is 0.190. The van der Waals surface area contributed by atoms with Crippen LogP contribution in [-0.4, -0.2) is 26.7 Å². The van der Waals surface area contributed by atoms with Crippen molar-refractivity contribution in [2.45, 2.75) is 13.1 Å². The summed E-state index contributed by atoms with van der Waals surface area (Å²) in [6, 6.07) is 6.72. The first-order chi connectivity index (χ1) is 7.56. The number of esters is 1. The highest BCUT2D eigenvalue weighted by atomic mass is 19.1. The number of carbonyl (C=O) groups excluding carboxylic acids is 1. The summed E-state index contributed by atoms with van der Waals surface area (Å²) in [6.07, 6.45) is -1.70. The molecule has 0 radical (unpaired) electrons. The monoisotopic (exact) mass is 225 g/mol. The third-order valence-electron chi connectivity index (χ3n) is 2.20. The van der Waals surface area contributed by atoms with E-state index in [1.165, 1.54) is 0 Å². The van der Waals surface area contributed by atoms with E-state index in [9.17, 15) is 9.18 Å². The van der Waals surface area contributed by atoms with Gasteiger partial charge in [0.2, 0.25) is 6.17 Å². The van der Waals surface area contributed by atoms with Crippen molar-refractivity contribution in [3.05, 3.63) is 29.8 Å². The smallest absolute Gasteiger partial charge is 0.345 e. The largest absolute Gasteiger partial charge is 0.464 e. The fourth-order valence-electron chi connectivity index (χ4n) is 1.29. The maximum atomic E-state index is 13.6. The van der Waals surface area contributed by atoms with Gasteiger partial charge >= 0.3 is 5.97 Å². The zero-order valence-electron chi connectivity index (χ0n) is 9.74. The molecule has 1 unspecified atom stereocenters. The molecule has 0 N–H and O–H groups in total. The number of anilines is 1. The number of ether oxygens (including phenoxy) is 1. The summed E-state index contributed by atoms with van der Waals surface area (Å²) in [7, 11) is 3.79. The van der Waals surface area contributed by atoms with Crippen LogP contribution in [0.3, 0.4) is 0 Å². The molecule has 1 aromatic rings. The second kappa shape index (κ2) is 5.49. The van der Waals surface area contributed by atoms with Gasteiger partial charge in [-0.3, -0.25) is 0 Å². The molecule has 0 heterocycles. The van der Waals surface area contributed by atoms with Crippen LogP contribution in [0.5, 0.6) is 0 Å². The Labute approximate surface area is 94.8 Å². The number of alkyl halides is 1. The number of hydrogen-bond donors (Lipinski definition) is 0. The number of carbonyl (C=O) groups is 1. The lowest BCUT2D eigenvalue weighted by Gasteiger charge is -2.13. The maximum Gasteiger partial charge on any atom is 0.345 e. The van der Waals surface area contributed by atoms with Crippen molar-refractivity contribution in [1.82, 2.24) is 0 Å². The van der Waals surface area contributed by atoms with Gasteiger partial charge in [-0.25, -0.2) is 9.18 Å². The highest BCUT2D eigenvalue weighted by Crippen LogP contribution is 2.21. The summed E-state index contributed by atoms with van der Waals surface area (Å²) < 4.78 is 18.2. The normalized spacial score (nSPS) is 12.0. The molecule has 0 aliphatic carbocycles. The van der Waals surface area contributed by atoms with Crippen LogP contribution in [-0.2, 0) is 9.53 Å². The summed E-state index contributed by atoms with van der Waals surface area (Å²) in [5.41, 5.74) is 1.28. The van der Waals surface area contributed by atoms with Crippen LogP contribution < -0.4 is 4.90 Å². The first kappa shape index (κ1) is 12.5. The van der Waals surface area contributed by atoms with Crippen LogP contribution in [0.2, 0.25) is 0 Å². The van der Waals surface area contributed by atoms with Gasteiger partial charge in [-0.05, 0) is 24.6 Å². The van der Waals surface area contributed by atoms with Crippen LogP contribution in [0.25, 0.3) is 0 Å². The topological polar surface area (TPSA) is 29.5 Å². The van der Waals surface area contributed by atoms with E-state index in [1.54, 1.807) is 31.2 Å². The van der Waals surface area contributed by atoms with Crippen molar-refractivity contribution in [1.29, 1.82) is 0 Å². The zero-order chi connectivity index (χ0) is 12.1. The Hall–Kier alpha value is -1.58. The predicted octanol–water partition coefficient (Wildman–Crippen LogP) is 2.33. The van der Waals surface area contributed by atoms with Crippen LogP contribution in [0.4, 0.5) is 10.1 Å². The zero-order valence-corrected chi connectivity index (χ0v) is 9.74. The van der Waals surface area contributed by atoms with E-state index < -0.39 is 12.1 Å². The predicted molar refractivity (Wildman–Crippen MR) is 61.3 cm³/mol. The van der Waals surface area contributed by atoms with Gasteiger partial charge in [0.25, 0.3) is 0 Å². The van der Waals surface area contributed by atoms with Crippen LogP contribution in [0.15, 0.2) is 24.3 Å². The molecule has 4 heteroatoms. The molecule has 0 bridgehead atoms. The van der Waals surface area contributed by atoms with Crippen molar-refractivity contribution in [3.63, 3.8) is 0 Å². The second-order valence-corrected chi connectivity index (χ2v) is 3.60. The lowest BCUT2D eigenvalue weighted by atomic mass is 10.1. The van der Waals surface area contributed by atoms with Gasteiger partial charge in [-0.1, -0.05) is 12.1 Å². The molecule has 0 aliphatic rings. The van der Waals surface area contributed by atoms with E-state index in [4.69, 9.17) is 0 Å². The molecule has 88 valence electrons. The molecule has 0 aliphatic heterocycles. The number of benzene rings is 1. The molecule has 0 aromatic heterocycles. The van der Waals surface area contributed by atoms with Gasteiger partial charge in [0.05, 0.1) is 6.61 Å². The van der Waals surface area contributed by atoms with E-state index in [-0.39, 0.29) is 6.61 Å². The van der Waals surface area contributed by atoms with Crippen molar-refractivity contribution in [2.75, 3.05) is 25.6 Å². The summed E-state index contributed by atoms with van der Waals surface area (Å²) in [5.74, 6) is -0.833. The molecule has 1 rings (SSSR count). The van der Waals surface area contributed by atoms with E-state index in [0.29, 0.717) is 5.56 Å². The maximum absolute atomic E-state index is 13.6. The van der Waals surface area contributed by atoms with Gasteiger partial charge in [-0.15, -0.1) is 0 Å². The Morgan fingerprint density at radius 1 is 1.38 bits per heavy atom. The molecule has 16 heavy (non-hydrogen) atoms. The molecule has 0 saturated heterocycles. The average molecular weight is 225 g/mol. The third kappa shape index (κ3) is 2.95. The van der Waals surface area contributed by atoms with Gasteiger partial charge in [0.1, 0.15) is 0 Å². The quantitative estimate of drug-likeness (QED) is 0.736. The van der Waals surface area contributed by atoms with Crippen LogP contribution in [0, 0.1) is 0 Å². The number of rotatable bonds is 4. The molecule has 0 fully saturated rings. The van der Waals surface area contributed by atoms with Gasteiger partial charge < -0.3 is 9.64 Å². The standard InChI is InChI=1S/C12H16FNO2/c1-4-16-12(15)11(13)9-5-7-10(8-6-9)14(2)3/h5-8,11H,4H2,1-3H3. The second-order valence-electron chi connectivity index (χ2n) is 3.60. The molecule has 1 aromatic carbocycles. The Kier molecular flexibility index (Phi) is 4.28. The highest BCUT2D eigenvalue weighted by Gasteiger charge is 2.20. The third-order valence-corrected chi connectivity index (χ3v) is 2.20. The fourth-order valence-corrected chi connectivity index (χ4v) is 1.29. The SMILES string of the molecule is CCOC(=O)C(F)c1ccc(N(C)C)cc1. The molecule has 3 nitrogen and oxygen atoms in total. The van der Waals surface area contributed by atoms with E-state index in [1.807, 2.05) is 19.0 Å². The van der Waals surface area contributed by atoms with Crippen molar-refractivity contribution in [2.24, 2.45) is 0 Å². The van der Waals surface area contributed by atoms with Crippen molar-refractivity contribution >= 4 is 11.7 Å².